The highest BCUT2D eigenvalue weighted by molar-refractivity contribution is 6.11. The van der Waals surface area contributed by atoms with Crippen molar-refractivity contribution in [3.63, 3.8) is 0 Å². The van der Waals surface area contributed by atoms with Crippen LogP contribution in [0, 0.1) is 5.92 Å². The molecule has 60 valence electrons. The molecule has 2 saturated heterocycles. The molecule has 0 amide bonds. The second-order valence-electron chi connectivity index (χ2n) is 3.57. The largest absolute Gasteiger partial charge is 0.376 e. The molecule has 2 nitrogen and oxygen atoms in total. The molecule has 3 heteroatoms. The van der Waals surface area contributed by atoms with Gasteiger partial charge in [0.25, 0.3) is 0 Å². The summed E-state index contributed by atoms with van der Waals surface area (Å²) >= 11 is 0. The van der Waals surface area contributed by atoms with Crippen LogP contribution < -0.4 is 0 Å². The fourth-order valence-corrected chi connectivity index (χ4v) is 2.18. The van der Waals surface area contributed by atoms with Crippen LogP contribution in [0.25, 0.3) is 0 Å². The average molecular weight is 152 g/mol. The molecule has 0 N–H and O–H groups in total. The molecule has 2 radical (unpaired) electrons. The zero-order valence-electron chi connectivity index (χ0n) is 7.04. The van der Waals surface area contributed by atoms with Gasteiger partial charge in [-0.15, -0.1) is 0 Å². The lowest BCUT2D eigenvalue weighted by Gasteiger charge is -2.29. The Labute approximate surface area is 68.7 Å². The van der Waals surface area contributed by atoms with Gasteiger partial charge in [0.2, 0.25) is 0 Å². The molecule has 11 heavy (non-hydrogen) atoms. The fourth-order valence-electron chi connectivity index (χ4n) is 2.18. The second-order valence-corrected chi connectivity index (χ2v) is 3.57. The lowest BCUT2D eigenvalue weighted by Crippen LogP contribution is -2.37. The Morgan fingerprint density at radius 1 is 1.64 bits per heavy atom. The van der Waals surface area contributed by atoms with Gasteiger partial charge in [-0.2, -0.15) is 0 Å². The molecule has 2 bridgehead atoms. The molecule has 2 rings (SSSR count). The Hall–Kier alpha value is -0.0151. The minimum atomic E-state index is -0.196. The highest BCUT2D eigenvalue weighted by Gasteiger charge is 2.55. The van der Waals surface area contributed by atoms with E-state index in [9.17, 15) is 0 Å². The lowest BCUT2D eigenvalue weighted by molar-refractivity contribution is -0.115. The normalized spacial score (nSPS) is 55.3. The summed E-state index contributed by atoms with van der Waals surface area (Å²) in [5.41, 5.74) is -0.0654. The van der Waals surface area contributed by atoms with Gasteiger partial charge < -0.3 is 9.47 Å². The van der Waals surface area contributed by atoms with E-state index in [4.69, 9.17) is 17.3 Å². The number of fused-ring (bicyclic) bond motifs is 2. The van der Waals surface area contributed by atoms with Crippen LogP contribution in [-0.2, 0) is 9.47 Å². The van der Waals surface area contributed by atoms with Gasteiger partial charge in [0.15, 0.2) is 0 Å². The van der Waals surface area contributed by atoms with E-state index in [0.717, 1.165) is 13.0 Å². The van der Waals surface area contributed by atoms with Gasteiger partial charge in [0.1, 0.15) is 7.85 Å². The van der Waals surface area contributed by atoms with E-state index in [0.29, 0.717) is 5.92 Å². The molecule has 0 saturated carbocycles. The van der Waals surface area contributed by atoms with Crippen molar-refractivity contribution in [3.8, 4) is 0 Å². The quantitative estimate of drug-likeness (QED) is 0.514. The second kappa shape index (κ2) is 2.24. The van der Waals surface area contributed by atoms with Crippen molar-refractivity contribution >= 4 is 7.85 Å². The van der Waals surface area contributed by atoms with Gasteiger partial charge in [-0.25, -0.2) is 0 Å². The molecule has 1 unspecified atom stereocenters. The lowest BCUT2D eigenvalue weighted by atomic mass is 9.85. The minimum Gasteiger partial charge on any atom is -0.376 e. The smallest absolute Gasteiger partial charge is 0.112 e. The van der Waals surface area contributed by atoms with Crippen LogP contribution >= 0.6 is 0 Å². The summed E-state index contributed by atoms with van der Waals surface area (Å²) in [7, 11) is 5.72. The summed E-state index contributed by atoms with van der Waals surface area (Å²) < 4.78 is 11.2. The molecule has 0 aromatic heterocycles. The molecule has 2 aliphatic rings. The number of hydrogen-bond donors (Lipinski definition) is 0. The van der Waals surface area contributed by atoms with Crippen molar-refractivity contribution in [1.82, 2.24) is 0 Å². The summed E-state index contributed by atoms with van der Waals surface area (Å²) in [6, 6.07) is -0.196. The summed E-state index contributed by atoms with van der Waals surface area (Å²) in [5.74, 6) is 0.461. The highest BCUT2D eigenvalue weighted by atomic mass is 16.6. The van der Waals surface area contributed by atoms with Crippen LogP contribution in [0.1, 0.15) is 20.3 Å². The summed E-state index contributed by atoms with van der Waals surface area (Å²) in [6.07, 6.45) is 1.13. The maximum atomic E-state index is 5.72. The zero-order chi connectivity index (χ0) is 8.06. The molecule has 2 aliphatic heterocycles. The Morgan fingerprint density at radius 2 is 2.36 bits per heavy atom. The van der Waals surface area contributed by atoms with Gasteiger partial charge in [-0.1, -0.05) is 13.8 Å². The summed E-state index contributed by atoms with van der Waals surface area (Å²) in [4.78, 5) is 0. The van der Waals surface area contributed by atoms with Crippen molar-refractivity contribution < 1.29 is 9.47 Å². The molecule has 0 aliphatic carbocycles. The molecule has 0 aromatic rings. The Kier molecular flexibility index (Phi) is 1.55. The van der Waals surface area contributed by atoms with E-state index in [1.165, 1.54) is 0 Å². The molecule has 0 spiro atoms. The van der Waals surface area contributed by atoms with Gasteiger partial charge in [0.05, 0.1) is 18.3 Å². The molecule has 2 heterocycles. The monoisotopic (exact) mass is 152 g/mol. The van der Waals surface area contributed by atoms with E-state index in [-0.39, 0.29) is 17.7 Å². The fraction of sp³-hybridized carbons (Fsp3) is 1.00. The number of rotatable bonds is 1. The topological polar surface area (TPSA) is 18.5 Å². The Balaban J connectivity index is 2.24. The first-order chi connectivity index (χ1) is 5.19. The number of ether oxygens (including phenoxy) is 2. The van der Waals surface area contributed by atoms with Crippen LogP contribution in [-0.4, -0.2) is 32.2 Å². The zero-order valence-corrected chi connectivity index (χ0v) is 7.04. The summed E-state index contributed by atoms with van der Waals surface area (Å²) in [6.45, 7) is 5.01. The maximum absolute atomic E-state index is 5.72. The first-order valence-corrected chi connectivity index (χ1v) is 4.24. The third-order valence-electron chi connectivity index (χ3n) is 3.14. The SMILES string of the molecule is [B][C@@H]1O[C@]2(CC)COC1[C@@H]2C. The first-order valence-electron chi connectivity index (χ1n) is 4.24. The van der Waals surface area contributed by atoms with Crippen molar-refractivity contribution in [2.24, 2.45) is 5.92 Å². The van der Waals surface area contributed by atoms with Crippen LogP contribution in [0.2, 0.25) is 0 Å². The van der Waals surface area contributed by atoms with Crippen molar-refractivity contribution in [2.75, 3.05) is 6.61 Å². The first kappa shape index (κ1) is 7.62. The third-order valence-corrected chi connectivity index (χ3v) is 3.14. The van der Waals surface area contributed by atoms with Crippen molar-refractivity contribution in [3.05, 3.63) is 0 Å². The van der Waals surface area contributed by atoms with Crippen LogP contribution in [0.5, 0.6) is 0 Å². The van der Waals surface area contributed by atoms with Crippen molar-refractivity contribution in [2.45, 2.75) is 38.0 Å². The van der Waals surface area contributed by atoms with Gasteiger partial charge in [-0.3, -0.25) is 0 Å². The number of hydrogen-bond acceptors (Lipinski definition) is 2. The van der Waals surface area contributed by atoms with Crippen molar-refractivity contribution in [1.29, 1.82) is 0 Å². The highest BCUT2D eigenvalue weighted by Crippen LogP contribution is 2.45. The standard InChI is InChI=1S/C8H13BO2/c1-3-8-4-10-6(5(8)2)7(9)11-8/h5-7H,3-4H2,1-2H3/t5-,6?,7+,8+/m0/s1. The minimum absolute atomic E-state index is 0.0654. The Morgan fingerprint density at radius 3 is 2.64 bits per heavy atom. The molecule has 4 atom stereocenters. The predicted molar refractivity (Wildman–Crippen MR) is 42.6 cm³/mol. The average Bonchev–Trinajstić information content (AvgIpc) is 2.42. The predicted octanol–water partition coefficient (Wildman–Crippen LogP) is 0.695. The molecular formula is C8H13BO2. The van der Waals surface area contributed by atoms with Gasteiger partial charge in [0, 0.05) is 11.9 Å². The van der Waals surface area contributed by atoms with E-state index < -0.39 is 0 Å². The maximum Gasteiger partial charge on any atom is 0.112 e. The molecule has 2 fully saturated rings. The van der Waals surface area contributed by atoms with E-state index in [1.54, 1.807) is 0 Å². The van der Waals surface area contributed by atoms with E-state index >= 15 is 0 Å². The molecular weight excluding hydrogens is 139 g/mol. The van der Waals surface area contributed by atoms with Gasteiger partial charge >= 0.3 is 0 Å². The van der Waals surface area contributed by atoms with Gasteiger partial charge in [-0.05, 0) is 6.42 Å². The van der Waals surface area contributed by atoms with E-state index in [1.807, 2.05) is 0 Å². The Bertz CT molecular complexity index is 173. The third kappa shape index (κ3) is 0.813. The van der Waals surface area contributed by atoms with E-state index in [2.05, 4.69) is 13.8 Å². The summed E-state index contributed by atoms with van der Waals surface area (Å²) in [5, 5.41) is 0. The van der Waals surface area contributed by atoms with Crippen LogP contribution in [0.4, 0.5) is 0 Å². The van der Waals surface area contributed by atoms with Crippen LogP contribution in [0.3, 0.4) is 0 Å². The van der Waals surface area contributed by atoms with Crippen LogP contribution in [0.15, 0.2) is 0 Å². The molecule has 0 aromatic carbocycles.